The van der Waals surface area contributed by atoms with Gasteiger partial charge in [-0.15, -0.1) is 0 Å². The molecule has 0 radical (unpaired) electrons. The molecule has 1 aliphatic heterocycles. The lowest BCUT2D eigenvalue weighted by molar-refractivity contribution is -0.282. The van der Waals surface area contributed by atoms with Crippen LogP contribution in [0.2, 0.25) is 0 Å². The Balaban J connectivity index is 1.89. The molecule has 1 saturated heterocycles. The van der Waals surface area contributed by atoms with Crippen molar-refractivity contribution >= 4 is 23.7 Å². The number of benzene rings is 2. The molecule has 46 heavy (non-hydrogen) atoms. The number of rotatable bonds is 14. The van der Waals surface area contributed by atoms with E-state index in [1.807, 2.05) is 13.8 Å². The summed E-state index contributed by atoms with van der Waals surface area (Å²) in [6, 6.07) is 9.75. The van der Waals surface area contributed by atoms with E-state index in [-0.39, 0.29) is 30.9 Å². The molecule has 3 rings (SSSR count). The van der Waals surface area contributed by atoms with Crippen molar-refractivity contribution in [2.24, 2.45) is 11.7 Å². The van der Waals surface area contributed by atoms with Gasteiger partial charge in [0.05, 0.1) is 19.8 Å². The number of methoxy groups -OCH3 is 2. The standard InChI is InChI=1S/C32H44N4O10/c1-18(2)14-24(30(42)44-3)34-29(41)23(16-19-8-6-5-7-9-19)35-31(43)32(45-4)27(26(39)25(38)17-46-32)36-28(40)22(33)15-20-10-12-21(37)13-11-20/h5-13,18,22-27,37-39H,14-17,33H2,1-4H3,(H,34,41)(H,35,43)(H,36,40)/t22-,23-,24-,25+,26-,27+,32+/m0/s1. The maximum absolute atomic E-state index is 14.0. The molecule has 8 N–H and O–H groups in total. The summed E-state index contributed by atoms with van der Waals surface area (Å²) in [7, 11) is 2.32. The summed E-state index contributed by atoms with van der Waals surface area (Å²) < 4.78 is 16.0. The van der Waals surface area contributed by atoms with E-state index in [4.69, 9.17) is 19.9 Å². The van der Waals surface area contributed by atoms with Crippen molar-refractivity contribution in [1.82, 2.24) is 16.0 Å². The summed E-state index contributed by atoms with van der Waals surface area (Å²) in [5.41, 5.74) is 7.43. The summed E-state index contributed by atoms with van der Waals surface area (Å²) in [6.45, 7) is 3.21. The van der Waals surface area contributed by atoms with Crippen molar-refractivity contribution in [2.45, 2.75) is 75.3 Å². The highest BCUT2D eigenvalue weighted by molar-refractivity contribution is 5.94. The fraction of sp³-hybridized carbons (Fsp3) is 0.500. The Bertz CT molecular complexity index is 1330. The molecule has 14 nitrogen and oxygen atoms in total. The lowest BCUT2D eigenvalue weighted by Crippen LogP contribution is -2.74. The smallest absolute Gasteiger partial charge is 0.328 e. The third kappa shape index (κ3) is 9.23. The van der Waals surface area contributed by atoms with Gasteiger partial charge in [0, 0.05) is 13.5 Å². The number of hydrogen-bond donors (Lipinski definition) is 7. The summed E-state index contributed by atoms with van der Waals surface area (Å²) >= 11 is 0. The maximum Gasteiger partial charge on any atom is 0.328 e. The molecule has 1 fully saturated rings. The average Bonchev–Trinajstić information content (AvgIpc) is 3.03. The molecule has 2 aromatic rings. The molecule has 0 unspecified atom stereocenters. The van der Waals surface area contributed by atoms with Crippen molar-refractivity contribution in [2.75, 3.05) is 20.8 Å². The molecule has 1 heterocycles. The monoisotopic (exact) mass is 644 g/mol. The first kappa shape index (κ1) is 36.4. The van der Waals surface area contributed by atoms with Crippen LogP contribution < -0.4 is 21.7 Å². The van der Waals surface area contributed by atoms with Gasteiger partial charge in [0.25, 0.3) is 11.7 Å². The number of phenols is 1. The van der Waals surface area contributed by atoms with E-state index in [0.717, 1.165) is 7.11 Å². The van der Waals surface area contributed by atoms with Crippen molar-refractivity contribution in [3.63, 3.8) is 0 Å². The minimum Gasteiger partial charge on any atom is -0.508 e. The van der Waals surface area contributed by atoms with Crippen LogP contribution in [0.3, 0.4) is 0 Å². The Labute approximate surface area is 267 Å². The normalized spacial score (nSPS) is 23.1. The van der Waals surface area contributed by atoms with E-state index in [1.165, 1.54) is 19.2 Å². The van der Waals surface area contributed by atoms with Crippen molar-refractivity contribution < 1.29 is 48.7 Å². The second-order valence-corrected chi connectivity index (χ2v) is 11.6. The highest BCUT2D eigenvalue weighted by atomic mass is 16.7. The number of carbonyl (C=O) groups is 4. The Hall–Kier alpha value is -4.08. The molecule has 1 aliphatic rings. The minimum atomic E-state index is -2.40. The van der Waals surface area contributed by atoms with Gasteiger partial charge in [-0.05, 0) is 42.0 Å². The molecule has 0 spiro atoms. The fourth-order valence-corrected chi connectivity index (χ4v) is 5.17. The van der Waals surface area contributed by atoms with Crippen LogP contribution in [0.4, 0.5) is 0 Å². The van der Waals surface area contributed by atoms with Gasteiger partial charge in [-0.3, -0.25) is 14.4 Å². The largest absolute Gasteiger partial charge is 0.508 e. The van der Waals surface area contributed by atoms with E-state index in [0.29, 0.717) is 11.1 Å². The summed E-state index contributed by atoms with van der Waals surface area (Å²) in [5.74, 6) is -5.52. The van der Waals surface area contributed by atoms with Crippen molar-refractivity contribution in [1.29, 1.82) is 0 Å². The third-order valence-electron chi connectivity index (χ3n) is 7.67. The molecular formula is C32H44N4O10. The predicted molar refractivity (Wildman–Crippen MR) is 165 cm³/mol. The van der Waals surface area contributed by atoms with Gasteiger partial charge < -0.3 is 51.2 Å². The van der Waals surface area contributed by atoms with Crippen molar-refractivity contribution in [3.05, 3.63) is 65.7 Å². The number of nitrogens with two attached hydrogens (primary N) is 1. The number of hydrogen-bond acceptors (Lipinski definition) is 11. The van der Waals surface area contributed by atoms with Gasteiger partial charge in [0.1, 0.15) is 36.1 Å². The fourth-order valence-electron chi connectivity index (χ4n) is 5.17. The van der Waals surface area contributed by atoms with Crippen LogP contribution in [0.15, 0.2) is 54.6 Å². The van der Waals surface area contributed by atoms with E-state index in [2.05, 4.69) is 16.0 Å². The maximum atomic E-state index is 14.0. The number of amides is 3. The molecule has 0 aromatic heterocycles. The molecule has 0 bridgehead atoms. The number of aliphatic hydroxyl groups excluding tert-OH is 2. The van der Waals surface area contributed by atoms with Gasteiger partial charge in [-0.1, -0.05) is 56.3 Å². The predicted octanol–water partition coefficient (Wildman–Crippen LogP) is -0.727. The zero-order chi connectivity index (χ0) is 34.0. The van der Waals surface area contributed by atoms with Gasteiger partial charge in [-0.2, -0.15) is 0 Å². The molecule has 2 aromatic carbocycles. The van der Waals surface area contributed by atoms with Crippen LogP contribution in [0.25, 0.3) is 0 Å². The molecular weight excluding hydrogens is 600 g/mol. The highest BCUT2D eigenvalue weighted by Gasteiger charge is 2.57. The topological polar surface area (TPSA) is 219 Å². The zero-order valence-corrected chi connectivity index (χ0v) is 26.3. The first-order valence-electron chi connectivity index (χ1n) is 14.9. The Kier molecular flexibility index (Phi) is 13.0. The van der Waals surface area contributed by atoms with Crippen LogP contribution in [0.1, 0.15) is 31.4 Å². The summed E-state index contributed by atoms with van der Waals surface area (Å²) in [5, 5.41) is 38.6. The Morgan fingerprint density at radius 3 is 2.15 bits per heavy atom. The number of phenolic OH excluding ortho intramolecular Hbond substituents is 1. The number of carbonyl (C=O) groups excluding carboxylic acids is 4. The molecule has 14 heteroatoms. The number of esters is 1. The Morgan fingerprint density at radius 2 is 1.57 bits per heavy atom. The van der Waals surface area contributed by atoms with Gasteiger partial charge in [0.15, 0.2) is 0 Å². The molecule has 7 atom stereocenters. The van der Waals surface area contributed by atoms with Gasteiger partial charge >= 0.3 is 5.97 Å². The van der Waals surface area contributed by atoms with Gasteiger partial charge in [0.2, 0.25) is 11.8 Å². The first-order chi connectivity index (χ1) is 21.8. The molecule has 3 amide bonds. The van der Waals surface area contributed by atoms with E-state index >= 15 is 0 Å². The molecule has 0 aliphatic carbocycles. The molecule has 252 valence electrons. The lowest BCUT2D eigenvalue weighted by Gasteiger charge is -2.45. The van der Waals surface area contributed by atoms with E-state index < -0.39 is 72.5 Å². The minimum absolute atomic E-state index is 0.00646. The van der Waals surface area contributed by atoms with Crippen LogP contribution in [-0.2, 0) is 46.2 Å². The number of aliphatic hydroxyl groups is 2. The second kappa shape index (κ2) is 16.5. The highest BCUT2D eigenvalue weighted by Crippen LogP contribution is 2.28. The van der Waals surface area contributed by atoms with Crippen LogP contribution >= 0.6 is 0 Å². The van der Waals surface area contributed by atoms with Crippen LogP contribution in [-0.4, -0.2) is 102 Å². The average molecular weight is 645 g/mol. The van der Waals surface area contributed by atoms with Crippen LogP contribution in [0, 0.1) is 5.92 Å². The SMILES string of the molecule is COC(=O)[C@H](CC(C)C)NC(=O)[C@H](Cc1ccccc1)NC(=O)[C@]1(OC)OC[C@@H](O)[C@H](O)[C@H]1NC(=O)[C@@H](N)Cc1ccc(O)cc1. The lowest BCUT2D eigenvalue weighted by atomic mass is 9.91. The Morgan fingerprint density at radius 1 is 0.935 bits per heavy atom. The second-order valence-electron chi connectivity index (χ2n) is 11.6. The summed E-state index contributed by atoms with van der Waals surface area (Å²) in [4.78, 5) is 53.3. The number of nitrogens with one attached hydrogen (secondary N) is 3. The first-order valence-corrected chi connectivity index (χ1v) is 14.9. The number of aromatic hydroxyl groups is 1. The van der Waals surface area contributed by atoms with Crippen LogP contribution in [0.5, 0.6) is 5.75 Å². The summed E-state index contributed by atoms with van der Waals surface area (Å²) in [6.07, 6.45) is -2.93. The van der Waals surface area contributed by atoms with E-state index in [9.17, 15) is 34.5 Å². The third-order valence-corrected chi connectivity index (χ3v) is 7.67. The number of ether oxygens (including phenoxy) is 3. The van der Waals surface area contributed by atoms with E-state index in [1.54, 1.807) is 42.5 Å². The molecule has 0 saturated carbocycles. The zero-order valence-electron chi connectivity index (χ0n) is 26.3. The van der Waals surface area contributed by atoms with Gasteiger partial charge in [-0.25, -0.2) is 4.79 Å². The van der Waals surface area contributed by atoms with Crippen molar-refractivity contribution in [3.8, 4) is 5.75 Å². The quantitative estimate of drug-likeness (QED) is 0.127.